The Balaban J connectivity index is 1.28. The summed E-state index contributed by atoms with van der Waals surface area (Å²) < 4.78 is 61.5. The molecular formula is C86H153N11O32S2. The fraction of sp³-hybridized carbons (Fsp3) is 0.860. The Morgan fingerprint density at radius 3 is 1.07 bits per heavy atom. The van der Waals surface area contributed by atoms with Crippen molar-refractivity contribution in [3.8, 4) is 0 Å². The van der Waals surface area contributed by atoms with E-state index in [-0.39, 0.29) is 132 Å². The lowest BCUT2D eigenvalue weighted by Gasteiger charge is -2.42. The Kier molecular flexibility index (Phi) is 61.5. The van der Waals surface area contributed by atoms with Crippen LogP contribution in [-0.2, 0) is 95.3 Å². The number of Topliss-reactive ketones (excluding diaryl/α,β-unsaturated/α-hetero) is 1. The summed E-state index contributed by atoms with van der Waals surface area (Å²) in [4.78, 5) is 154. The van der Waals surface area contributed by atoms with Gasteiger partial charge in [-0.2, -0.15) is 0 Å². The van der Waals surface area contributed by atoms with Crippen LogP contribution in [0.4, 0.5) is 14.4 Å². The van der Waals surface area contributed by atoms with Crippen LogP contribution in [-0.4, -0.2) is 369 Å². The van der Waals surface area contributed by atoms with Gasteiger partial charge in [-0.05, 0) is 122 Å². The van der Waals surface area contributed by atoms with Gasteiger partial charge in [0.05, 0.1) is 78.2 Å². The summed E-state index contributed by atoms with van der Waals surface area (Å²) in [5.41, 5.74) is -0.976. The number of rotatable bonds is 71. The maximum absolute atomic E-state index is 14.2. The Morgan fingerprint density at radius 2 is 0.725 bits per heavy atom. The quantitative estimate of drug-likeness (QED) is 0.0225. The number of carbonyl (C=O) groups is 12. The van der Waals surface area contributed by atoms with Crippen LogP contribution in [0.1, 0.15) is 226 Å². The number of methoxy groups -OCH3 is 2. The van der Waals surface area contributed by atoms with E-state index in [1.54, 1.807) is 25.0 Å². The lowest BCUT2D eigenvalue weighted by Crippen LogP contribution is -2.64. The normalized spacial score (nSPS) is 24.0. The number of aliphatic hydroxyl groups excluding tert-OH is 9. The molecule has 17 atom stereocenters. The Bertz CT molecular complexity index is 3030. The number of hydrogen-bond acceptors (Lipinski definition) is 34. The zero-order valence-corrected chi connectivity index (χ0v) is 78.7. The topological polar surface area (TPSA) is 612 Å². The molecule has 43 nitrogen and oxygen atoms in total. The van der Waals surface area contributed by atoms with Gasteiger partial charge < -0.3 is 156 Å². The first-order valence-electron chi connectivity index (χ1n) is 46.4. The van der Waals surface area contributed by atoms with E-state index in [0.717, 1.165) is 38.5 Å². The van der Waals surface area contributed by atoms with E-state index >= 15 is 0 Å². The van der Waals surface area contributed by atoms with E-state index in [1.165, 1.54) is 31.6 Å². The van der Waals surface area contributed by atoms with E-state index in [0.29, 0.717) is 186 Å². The maximum Gasteiger partial charge on any atom is 0.407 e. The van der Waals surface area contributed by atoms with Gasteiger partial charge in [0.1, 0.15) is 78.8 Å². The molecule has 0 aromatic carbocycles. The number of unbranched alkanes of at least 4 members (excludes halogenated alkanes) is 10. The van der Waals surface area contributed by atoms with Crippen molar-refractivity contribution in [3.63, 3.8) is 0 Å². The van der Waals surface area contributed by atoms with Crippen LogP contribution in [0, 0.1) is 0 Å². The van der Waals surface area contributed by atoms with Crippen molar-refractivity contribution in [2.24, 2.45) is 0 Å². The molecule has 0 bridgehead atoms. The molecule has 4 aliphatic heterocycles. The largest absolute Gasteiger partial charge is 0.450 e. The lowest BCUT2D eigenvalue weighted by molar-refractivity contribution is -0.270. The fourth-order valence-electron chi connectivity index (χ4n) is 15.4. The average molecular weight is 1920 g/mol. The first kappa shape index (κ1) is 117. The number of ketones is 1. The van der Waals surface area contributed by atoms with Crippen LogP contribution in [0.2, 0.25) is 0 Å². The minimum absolute atomic E-state index is 0.0243. The molecule has 0 aliphatic carbocycles. The average Bonchev–Trinajstić information content (AvgIpc) is 1.63. The summed E-state index contributed by atoms with van der Waals surface area (Å²) in [7, 11) is 6.29. The minimum atomic E-state index is -1.46. The molecule has 131 heavy (non-hydrogen) atoms. The molecule has 15 unspecified atom stereocenters. The number of carbonyl (C=O) groups excluding carboxylic acids is 12. The van der Waals surface area contributed by atoms with Gasteiger partial charge in [0.25, 0.3) is 0 Å². The number of amides is 11. The van der Waals surface area contributed by atoms with E-state index in [1.807, 2.05) is 4.90 Å². The minimum Gasteiger partial charge on any atom is -0.450 e. The standard InChI is InChI=1S/C86H153N11O32S2/c1-57(101)93-71-77(113)74(110)63(53-98)127-80(71)121-43-20-29-66(105)87-37-14-6-9-17-40-90-83(116)124-46-24-34-86(96-69(108)33-50-131-130-49-23-28-61(104)27-12-13-32-70(109)97-52-62(120-5)51-60(97)56-119-4,35-25-47-125-84(117)91-41-18-10-7-15-38-88-67(106)30-21-44-122-81-72(94-58(2)102)78(114)75(111)64(54-99)128-81)36-26-48-126-85(118)92-42-19-11-8-16-39-89-68(107)31-22-45-123-82-73(95-59(3)103)79(115)76(112)65(55-100)129-82/h60,62-65,71-82,98-100,110-115H,6-56H2,1-5H3,(H,87,105)(H,88,106)(H,89,107)(H,90,116)(H,91,117)(H,92,118)(H,93,101)(H,94,102)(H,95,103)(H,96,108)/t60-,62+,63?,64?,65?,71?,72?,73?,74?,75?,76?,77?,78?,79?,80?,81?,82?,86?/m1/s1. The zero-order chi connectivity index (χ0) is 96.1. The third-order valence-electron chi connectivity index (χ3n) is 22.5. The molecule has 0 aromatic heterocycles. The van der Waals surface area contributed by atoms with Crippen molar-refractivity contribution >= 4 is 92.9 Å². The van der Waals surface area contributed by atoms with E-state index < -0.39 is 153 Å². The SMILES string of the molecule is COC[C@H]1C[C@H](OC)CN1C(=O)CCCCC(=O)CCCSSCCC(=O)NC(CCCOC(=O)NCCCCCCNC(=O)CCCOC1OC(CO)C(O)C(O)C1NC(C)=O)(CCCOC(=O)NCCCCCCNC(=O)CCCOC1OC(CO)C(O)C(O)C1NC(C)=O)CCCOC(=O)NCCCCCCNC(=O)CCCOC1OC(CO)C(O)C(O)C1NC(C)=O. The molecule has 0 radical (unpaired) electrons. The molecule has 0 aromatic rings. The highest BCUT2D eigenvalue weighted by Crippen LogP contribution is 2.31. The maximum atomic E-state index is 14.2. The van der Waals surface area contributed by atoms with Gasteiger partial charge >= 0.3 is 18.3 Å². The van der Waals surface area contributed by atoms with Crippen LogP contribution >= 0.6 is 21.6 Å². The third kappa shape index (κ3) is 49.0. The highest BCUT2D eigenvalue weighted by atomic mass is 33.1. The van der Waals surface area contributed by atoms with Crippen LogP contribution in [0.5, 0.6) is 0 Å². The van der Waals surface area contributed by atoms with Gasteiger partial charge in [0.2, 0.25) is 47.3 Å². The van der Waals surface area contributed by atoms with Crippen LogP contribution in [0.15, 0.2) is 0 Å². The molecular weight excluding hydrogens is 1760 g/mol. The summed E-state index contributed by atoms with van der Waals surface area (Å²) >= 11 is 0. The predicted octanol–water partition coefficient (Wildman–Crippen LogP) is 0.555. The highest BCUT2D eigenvalue weighted by molar-refractivity contribution is 8.76. The van der Waals surface area contributed by atoms with Gasteiger partial charge in [0, 0.05) is 143 Å². The Morgan fingerprint density at radius 1 is 0.382 bits per heavy atom. The second-order valence-electron chi connectivity index (χ2n) is 33.3. The number of likely N-dealkylation sites (tertiary alicyclic amines) is 1. The van der Waals surface area contributed by atoms with Crippen LogP contribution in [0.3, 0.4) is 0 Å². The third-order valence-corrected chi connectivity index (χ3v) is 25.0. The van der Waals surface area contributed by atoms with Crippen LogP contribution in [0.25, 0.3) is 0 Å². The van der Waals surface area contributed by atoms with Crippen LogP contribution < -0.4 is 53.2 Å². The summed E-state index contributed by atoms with van der Waals surface area (Å²) in [5, 5.41) is 119. The van der Waals surface area contributed by atoms with Crippen molar-refractivity contribution in [1.82, 2.24) is 58.1 Å². The van der Waals surface area contributed by atoms with Crippen molar-refractivity contribution in [3.05, 3.63) is 0 Å². The fourth-order valence-corrected chi connectivity index (χ4v) is 17.5. The molecule has 4 heterocycles. The molecule has 756 valence electrons. The predicted molar refractivity (Wildman–Crippen MR) is 478 cm³/mol. The second-order valence-corrected chi connectivity index (χ2v) is 36.0. The first-order chi connectivity index (χ1) is 63.0. The smallest absolute Gasteiger partial charge is 0.407 e. The van der Waals surface area contributed by atoms with E-state index in [9.17, 15) is 103 Å². The molecule has 19 N–H and O–H groups in total. The Hall–Kier alpha value is -6.74. The van der Waals surface area contributed by atoms with Gasteiger partial charge in [-0.1, -0.05) is 60.1 Å². The van der Waals surface area contributed by atoms with Crippen molar-refractivity contribution in [2.75, 3.05) is 138 Å². The summed E-state index contributed by atoms with van der Waals surface area (Å²) in [5.74, 6) is -1.16. The van der Waals surface area contributed by atoms with Crippen molar-refractivity contribution in [2.45, 2.75) is 336 Å². The van der Waals surface area contributed by atoms with Crippen molar-refractivity contribution in [1.29, 1.82) is 0 Å². The number of hydrogen-bond donors (Lipinski definition) is 19. The van der Waals surface area contributed by atoms with E-state index in [4.69, 9.17) is 52.1 Å². The molecule has 0 saturated carbocycles. The molecule has 4 aliphatic rings. The number of nitrogens with zero attached hydrogens (tertiary/aromatic N) is 1. The Labute approximate surface area is 776 Å². The summed E-state index contributed by atoms with van der Waals surface area (Å²) in [6.45, 7) is 5.00. The second kappa shape index (κ2) is 69.1. The first-order valence-corrected chi connectivity index (χ1v) is 48.9. The van der Waals surface area contributed by atoms with Gasteiger partial charge in [-0.25, -0.2) is 14.4 Å². The zero-order valence-electron chi connectivity index (χ0n) is 77.1. The summed E-state index contributed by atoms with van der Waals surface area (Å²) in [6, 6.07) is -3.34. The molecule has 45 heteroatoms. The number of ether oxygens (including phenoxy) is 11. The molecule has 4 rings (SSSR count). The molecule has 4 fully saturated rings. The van der Waals surface area contributed by atoms with E-state index in [2.05, 4.69) is 53.2 Å². The van der Waals surface area contributed by atoms with Gasteiger partial charge in [-0.3, -0.25) is 43.2 Å². The molecule has 11 amide bonds. The molecule has 4 saturated heterocycles. The lowest BCUT2D eigenvalue weighted by atomic mass is 9.83. The van der Waals surface area contributed by atoms with Gasteiger partial charge in [0.15, 0.2) is 18.9 Å². The number of alkyl carbamates (subject to hydrolysis) is 3. The van der Waals surface area contributed by atoms with Gasteiger partial charge in [-0.15, -0.1) is 0 Å². The highest BCUT2D eigenvalue weighted by Gasteiger charge is 2.48. The summed E-state index contributed by atoms with van der Waals surface area (Å²) in [6.07, 6.45) is -2.67. The molecule has 0 spiro atoms. The number of aliphatic hydroxyl groups is 9. The monoisotopic (exact) mass is 1920 g/mol. The van der Waals surface area contributed by atoms with Crippen molar-refractivity contribution < 1.29 is 156 Å². The number of nitrogens with one attached hydrogen (secondary N) is 10.